The third-order valence-electron chi connectivity index (χ3n) is 3.90. The lowest BCUT2D eigenvalue weighted by Crippen LogP contribution is -2.50. The predicted molar refractivity (Wildman–Crippen MR) is 80.7 cm³/mol. The predicted octanol–water partition coefficient (Wildman–Crippen LogP) is 1.06. The Morgan fingerprint density at radius 3 is 3.00 bits per heavy atom. The molecule has 8 heteroatoms. The molecule has 1 aromatic rings. The van der Waals surface area contributed by atoms with Crippen LogP contribution in [0.4, 0.5) is 0 Å². The van der Waals surface area contributed by atoms with E-state index in [0.717, 1.165) is 12.8 Å². The van der Waals surface area contributed by atoms with Crippen LogP contribution in [0.3, 0.4) is 0 Å². The summed E-state index contributed by atoms with van der Waals surface area (Å²) in [5, 5.41) is 20.0. The molecule has 21 heavy (non-hydrogen) atoms. The summed E-state index contributed by atoms with van der Waals surface area (Å²) in [5.41, 5.74) is -1.05. The molecule has 0 radical (unpaired) electrons. The second kappa shape index (κ2) is 6.65. The van der Waals surface area contributed by atoms with Gasteiger partial charge in [-0.05, 0) is 39.2 Å². The highest BCUT2D eigenvalue weighted by Gasteiger charge is 2.45. The van der Waals surface area contributed by atoms with Crippen LogP contribution >= 0.6 is 11.8 Å². The van der Waals surface area contributed by atoms with E-state index in [9.17, 15) is 14.7 Å². The minimum absolute atomic E-state index is 0.158. The number of carboxylic acid groups (broad SMARTS) is 1. The van der Waals surface area contributed by atoms with Crippen LogP contribution in [0.5, 0.6) is 0 Å². The van der Waals surface area contributed by atoms with Crippen molar-refractivity contribution in [2.45, 2.75) is 62.0 Å². The number of nitrogens with one attached hydrogen (secondary N) is 2. The lowest BCUT2D eigenvalue weighted by molar-refractivity contribution is -0.144. The number of hydrogen-bond donors (Lipinski definition) is 3. The molecule has 118 valence electrons. The van der Waals surface area contributed by atoms with Crippen molar-refractivity contribution in [3.63, 3.8) is 0 Å². The standard InChI is InChI=1S/C13H22N4O3S/c1-3-7-14-13(10(18)19)6-5-9(8-13)21-12-16-15-11(20)17(12)4-2/h9,14H,3-8H2,1-2H3,(H,15,20)(H,18,19). The van der Waals surface area contributed by atoms with Gasteiger partial charge in [0.1, 0.15) is 5.54 Å². The van der Waals surface area contributed by atoms with E-state index in [-0.39, 0.29) is 10.9 Å². The fourth-order valence-corrected chi connectivity index (χ4v) is 4.06. The normalized spacial score (nSPS) is 25.3. The Morgan fingerprint density at radius 2 is 2.38 bits per heavy atom. The zero-order valence-corrected chi connectivity index (χ0v) is 13.2. The van der Waals surface area contributed by atoms with Crippen LogP contribution in [-0.2, 0) is 11.3 Å². The van der Waals surface area contributed by atoms with E-state index in [0.29, 0.717) is 31.1 Å². The van der Waals surface area contributed by atoms with E-state index in [1.165, 1.54) is 11.8 Å². The molecule has 1 aliphatic carbocycles. The molecule has 1 aromatic heterocycles. The first-order valence-corrected chi connectivity index (χ1v) is 8.20. The Hall–Kier alpha value is -1.28. The van der Waals surface area contributed by atoms with Crippen molar-refractivity contribution in [2.24, 2.45) is 0 Å². The Bertz CT molecular complexity index is 556. The maximum absolute atomic E-state index is 11.6. The molecular formula is C13H22N4O3S. The Labute approximate surface area is 127 Å². The van der Waals surface area contributed by atoms with Gasteiger partial charge in [-0.1, -0.05) is 18.7 Å². The van der Waals surface area contributed by atoms with Gasteiger partial charge in [0.25, 0.3) is 0 Å². The van der Waals surface area contributed by atoms with Crippen LogP contribution < -0.4 is 11.0 Å². The summed E-state index contributed by atoms with van der Waals surface area (Å²) in [6.45, 7) is 5.17. The molecular weight excluding hydrogens is 292 g/mol. The van der Waals surface area contributed by atoms with Gasteiger partial charge in [-0.25, -0.2) is 9.89 Å². The maximum Gasteiger partial charge on any atom is 0.343 e. The van der Waals surface area contributed by atoms with E-state index in [4.69, 9.17) is 0 Å². The summed E-state index contributed by atoms with van der Waals surface area (Å²) in [6.07, 6.45) is 2.87. The zero-order valence-electron chi connectivity index (χ0n) is 12.4. The molecule has 0 bridgehead atoms. The number of aromatic nitrogens is 3. The van der Waals surface area contributed by atoms with Crippen molar-refractivity contribution < 1.29 is 9.90 Å². The van der Waals surface area contributed by atoms with Gasteiger partial charge in [-0.15, -0.1) is 5.10 Å². The maximum atomic E-state index is 11.6. The van der Waals surface area contributed by atoms with E-state index in [1.807, 2.05) is 13.8 Å². The summed E-state index contributed by atoms with van der Waals surface area (Å²) in [5.74, 6) is -0.783. The summed E-state index contributed by atoms with van der Waals surface area (Å²) < 4.78 is 1.57. The van der Waals surface area contributed by atoms with E-state index < -0.39 is 11.5 Å². The van der Waals surface area contributed by atoms with Crippen molar-refractivity contribution in [3.8, 4) is 0 Å². The Kier molecular flexibility index (Phi) is 5.10. The van der Waals surface area contributed by atoms with Crippen molar-refractivity contribution in [1.29, 1.82) is 0 Å². The lowest BCUT2D eigenvalue weighted by atomic mass is 9.98. The fraction of sp³-hybridized carbons (Fsp3) is 0.769. The third-order valence-corrected chi connectivity index (χ3v) is 5.16. The van der Waals surface area contributed by atoms with Crippen molar-refractivity contribution in [3.05, 3.63) is 10.5 Å². The van der Waals surface area contributed by atoms with Gasteiger partial charge in [0.05, 0.1) is 0 Å². The molecule has 3 N–H and O–H groups in total. The van der Waals surface area contributed by atoms with Crippen LogP contribution in [0, 0.1) is 0 Å². The fourth-order valence-electron chi connectivity index (χ4n) is 2.72. The topological polar surface area (TPSA) is 100 Å². The van der Waals surface area contributed by atoms with Crippen molar-refractivity contribution >= 4 is 17.7 Å². The lowest BCUT2D eigenvalue weighted by Gasteiger charge is -2.25. The van der Waals surface area contributed by atoms with Crippen molar-refractivity contribution in [1.82, 2.24) is 20.1 Å². The first-order chi connectivity index (χ1) is 10.0. The summed E-state index contributed by atoms with van der Waals surface area (Å²) in [7, 11) is 0. The molecule has 1 heterocycles. The van der Waals surface area contributed by atoms with Crippen molar-refractivity contribution in [2.75, 3.05) is 6.54 Å². The second-order valence-electron chi connectivity index (χ2n) is 5.35. The molecule has 2 unspecified atom stereocenters. The number of carbonyl (C=O) groups is 1. The molecule has 1 aliphatic rings. The average Bonchev–Trinajstić information content (AvgIpc) is 3.02. The highest BCUT2D eigenvalue weighted by Crippen LogP contribution is 2.39. The van der Waals surface area contributed by atoms with Crippen LogP contribution in [0.25, 0.3) is 0 Å². The molecule has 1 saturated carbocycles. The molecule has 7 nitrogen and oxygen atoms in total. The van der Waals surface area contributed by atoms with Gasteiger partial charge in [0.2, 0.25) is 0 Å². The number of hydrogen-bond acceptors (Lipinski definition) is 5. The number of aliphatic carboxylic acids is 1. The number of nitrogens with zero attached hydrogens (tertiary/aromatic N) is 2. The molecule has 0 amide bonds. The van der Waals surface area contributed by atoms with Crippen LogP contribution in [-0.4, -0.2) is 43.2 Å². The van der Waals surface area contributed by atoms with Gasteiger partial charge in [-0.3, -0.25) is 9.36 Å². The highest BCUT2D eigenvalue weighted by atomic mass is 32.2. The molecule has 0 spiro atoms. The summed E-state index contributed by atoms with van der Waals surface area (Å²) in [6, 6.07) is 0. The van der Waals surface area contributed by atoms with Gasteiger partial charge < -0.3 is 10.4 Å². The number of aromatic amines is 1. The number of H-pyrrole nitrogens is 1. The molecule has 2 atom stereocenters. The van der Waals surface area contributed by atoms with Gasteiger partial charge in [0, 0.05) is 11.8 Å². The first kappa shape index (κ1) is 16.1. The monoisotopic (exact) mass is 314 g/mol. The van der Waals surface area contributed by atoms with Crippen LogP contribution in [0.2, 0.25) is 0 Å². The SMILES string of the molecule is CCCNC1(C(=O)O)CCC(Sc2n[nH]c(=O)n2CC)C1. The summed E-state index contributed by atoms with van der Waals surface area (Å²) >= 11 is 1.49. The highest BCUT2D eigenvalue weighted by molar-refractivity contribution is 7.99. The average molecular weight is 314 g/mol. The van der Waals surface area contributed by atoms with Gasteiger partial charge in [-0.2, -0.15) is 0 Å². The van der Waals surface area contributed by atoms with Crippen LogP contribution in [0.1, 0.15) is 39.5 Å². The van der Waals surface area contributed by atoms with E-state index >= 15 is 0 Å². The van der Waals surface area contributed by atoms with E-state index in [1.54, 1.807) is 4.57 Å². The number of rotatable bonds is 7. The minimum atomic E-state index is -0.832. The Morgan fingerprint density at radius 1 is 1.62 bits per heavy atom. The third kappa shape index (κ3) is 3.32. The Balaban J connectivity index is 2.07. The second-order valence-corrected chi connectivity index (χ2v) is 6.62. The quantitative estimate of drug-likeness (QED) is 0.696. The van der Waals surface area contributed by atoms with E-state index in [2.05, 4.69) is 15.5 Å². The van der Waals surface area contributed by atoms with Gasteiger partial charge in [0.15, 0.2) is 5.16 Å². The summed E-state index contributed by atoms with van der Waals surface area (Å²) in [4.78, 5) is 23.2. The zero-order chi connectivity index (χ0) is 15.5. The molecule has 0 aromatic carbocycles. The van der Waals surface area contributed by atoms with Gasteiger partial charge >= 0.3 is 11.7 Å². The molecule has 0 saturated heterocycles. The minimum Gasteiger partial charge on any atom is -0.480 e. The molecule has 0 aliphatic heterocycles. The molecule has 1 fully saturated rings. The largest absolute Gasteiger partial charge is 0.480 e. The number of thioether (sulfide) groups is 1. The van der Waals surface area contributed by atoms with Crippen LogP contribution in [0.15, 0.2) is 9.95 Å². The first-order valence-electron chi connectivity index (χ1n) is 7.32. The smallest absolute Gasteiger partial charge is 0.343 e. The number of carboxylic acids is 1. The molecule has 2 rings (SSSR count).